The molecule has 1 aliphatic rings. The van der Waals surface area contributed by atoms with Crippen LogP contribution in [0.1, 0.15) is 45.4 Å². The summed E-state index contributed by atoms with van der Waals surface area (Å²) in [6, 6.07) is 0.666. The van der Waals surface area contributed by atoms with E-state index in [0.717, 1.165) is 12.4 Å². The zero-order valence-corrected chi connectivity index (χ0v) is 9.71. The van der Waals surface area contributed by atoms with Gasteiger partial charge in [0.25, 0.3) is 0 Å². The van der Waals surface area contributed by atoms with Crippen LogP contribution in [0.15, 0.2) is 12.4 Å². The van der Waals surface area contributed by atoms with Crippen LogP contribution < -0.4 is 5.32 Å². The van der Waals surface area contributed by atoms with Crippen molar-refractivity contribution in [2.45, 2.75) is 52.1 Å². The van der Waals surface area contributed by atoms with Crippen molar-refractivity contribution in [3.63, 3.8) is 0 Å². The summed E-state index contributed by atoms with van der Waals surface area (Å²) >= 11 is 0. The highest BCUT2D eigenvalue weighted by Gasteiger charge is 2.27. The lowest BCUT2D eigenvalue weighted by Gasteiger charge is -2.35. The van der Waals surface area contributed by atoms with Crippen LogP contribution in [0.2, 0.25) is 0 Å². The van der Waals surface area contributed by atoms with E-state index in [9.17, 15) is 0 Å². The molecule has 1 aromatic heterocycles. The largest absolute Gasteiger partial charge is 0.348 e. The molecule has 0 spiro atoms. The smallest absolute Gasteiger partial charge is 0.120 e. The number of hydrogen-bond donors (Lipinski definition) is 2. The summed E-state index contributed by atoms with van der Waals surface area (Å²) in [6.07, 6.45) is 9.00. The zero-order chi connectivity index (χ0) is 10.7. The average Bonchev–Trinajstić information content (AvgIpc) is 2.65. The summed E-state index contributed by atoms with van der Waals surface area (Å²) in [5.74, 6) is 1.04. The molecule has 2 N–H and O–H groups in total. The van der Waals surface area contributed by atoms with Crippen molar-refractivity contribution >= 4 is 0 Å². The summed E-state index contributed by atoms with van der Waals surface area (Å²) in [7, 11) is 0. The Bertz CT molecular complexity index is 290. The van der Waals surface area contributed by atoms with Crippen molar-refractivity contribution in [2.75, 3.05) is 0 Å². The lowest BCUT2D eigenvalue weighted by molar-refractivity contribution is 0.197. The zero-order valence-electron chi connectivity index (χ0n) is 9.71. The minimum absolute atomic E-state index is 0.513. The van der Waals surface area contributed by atoms with Gasteiger partial charge in [-0.05, 0) is 24.7 Å². The fourth-order valence-corrected chi connectivity index (χ4v) is 2.51. The highest BCUT2D eigenvalue weighted by Crippen LogP contribution is 2.35. The molecule has 15 heavy (non-hydrogen) atoms. The number of imidazole rings is 1. The fraction of sp³-hybridized carbons (Fsp3) is 0.750. The second kappa shape index (κ2) is 4.35. The second-order valence-corrected chi connectivity index (χ2v) is 5.37. The minimum atomic E-state index is 0.513. The van der Waals surface area contributed by atoms with Gasteiger partial charge in [0.1, 0.15) is 5.82 Å². The number of aromatic nitrogens is 2. The van der Waals surface area contributed by atoms with Crippen LogP contribution in [0.4, 0.5) is 0 Å². The predicted molar refractivity (Wildman–Crippen MR) is 61.5 cm³/mol. The maximum Gasteiger partial charge on any atom is 0.120 e. The van der Waals surface area contributed by atoms with Crippen LogP contribution in [0, 0.1) is 5.41 Å². The van der Waals surface area contributed by atoms with E-state index in [1.807, 2.05) is 12.4 Å². The van der Waals surface area contributed by atoms with E-state index in [1.165, 1.54) is 25.7 Å². The van der Waals surface area contributed by atoms with Crippen molar-refractivity contribution in [3.05, 3.63) is 18.2 Å². The van der Waals surface area contributed by atoms with Crippen molar-refractivity contribution < 1.29 is 0 Å². The maximum atomic E-state index is 4.22. The van der Waals surface area contributed by atoms with E-state index >= 15 is 0 Å². The summed E-state index contributed by atoms with van der Waals surface area (Å²) in [5, 5.41) is 3.59. The molecule has 1 aliphatic carbocycles. The predicted octanol–water partition coefficient (Wildman–Crippen LogP) is 2.47. The Morgan fingerprint density at radius 2 is 2.47 bits per heavy atom. The Morgan fingerprint density at radius 1 is 1.60 bits per heavy atom. The second-order valence-electron chi connectivity index (χ2n) is 5.37. The van der Waals surface area contributed by atoms with Gasteiger partial charge in [-0.25, -0.2) is 4.98 Å². The number of hydrogen-bond acceptors (Lipinski definition) is 2. The van der Waals surface area contributed by atoms with Gasteiger partial charge < -0.3 is 10.3 Å². The molecule has 0 aromatic carbocycles. The Morgan fingerprint density at radius 3 is 3.13 bits per heavy atom. The molecule has 1 fully saturated rings. The SMILES string of the molecule is CC1(C)CCCC(NCc2ncc[nH]2)C1. The highest BCUT2D eigenvalue weighted by atomic mass is 15.0. The Kier molecular flexibility index (Phi) is 3.10. The molecular weight excluding hydrogens is 186 g/mol. The first-order valence-electron chi connectivity index (χ1n) is 5.87. The van der Waals surface area contributed by atoms with Crippen LogP contribution >= 0.6 is 0 Å². The molecule has 0 bridgehead atoms. The molecule has 1 heterocycles. The average molecular weight is 207 g/mol. The molecule has 1 aromatic rings. The van der Waals surface area contributed by atoms with E-state index in [-0.39, 0.29) is 0 Å². The van der Waals surface area contributed by atoms with Crippen LogP contribution in [0.5, 0.6) is 0 Å². The normalized spacial score (nSPS) is 25.3. The number of aromatic amines is 1. The van der Waals surface area contributed by atoms with E-state index in [0.29, 0.717) is 11.5 Å². The Balaban J connectivity index is 1.80. The van der Waals surface area contributed by atoms with Crippen LogP contribution in [0.3, 0.4) is 0 Å². The fourth-order valence-electron chi connectivity index (χ4n) is 2.51. The third-order valence-corrected chi connectivity index (χ3v) is 3.32. The van der Waals surface area contributed by atoms with Gasteiger partial charge in [0.2, 0.25) is 0 Å². The van der Waals surface area contributed by atoms with Gasteiger partial charge >= 0.3 is 0 Å². The molecule has 3 heteroatoms. The highest BCUT2D eigenvalue weighted by molar-refractivity contribution is 4.89. The van der Waals surface area contributed by atoms with Gasteiger partial charge in [0, 0.05) is 18.4 Å². The summed E-state index contributed by atoms with van der Waals surface area (Å²) in [5.41, 5.74) is 0.513. The van der Waals surface area contributed by atoms with E-state index in [4.69, 9.17) is 0 Å². The van der Waals surface area contributed by atoms with E-state index in [2.05, 4.69) is 29.1 Å². The van der Waals surface area contributed by atoms with Gasteiger partial charge in [0.05, 0.1) is 6.54 Å². The lowest BCUT2D eigenvalue weighted by atomic mass is 9.75. The number of nitrogens with one attached hydrogen (secondary N) is 2. The molecule has 0 radical (unpaired) electrons. The first-order valence-corrected chi connectivity index (χ1v) is 5.87. The Hall–Kier alpha value is -0.830. The summed E-state index contributed by atoms with van der Waals surface area (Å²) < 4.78 is 0. The standard InChI is InChI=1S/C12H21N3/c1-12(2)5-3-4-10(8-12)15-9-11-13-6-7-14-11/h6-7,10,15H,3-5,8-9H2,1-2H3,(H,13,14). The Labute approximate surface area is 91.7 Å². The minimum Gasteiger partial charge on any atom is -0.348 e. The van der Waals surface area contributed by atoms with Gasteiger partial charge in [0.15, 0.2) is 0 Å². The monoisotopic (exact) mass is 207 g/mol. The van der Waals surface area contributed by atoms with Gasteiger partial charge in [-0.3, -0.25) is 0 Å². The number of nitrogens with zero attached hydrogens (tertiary/aromatic N) is 1. The van der Waals surface area contributed by atoms with Gasteiger partial charge in [-0.1, -0.05) is 20.3 Å². The summed E-state index contributed by atoms with van der Waals surface area (Å²) in [6.45, 7) is 5.61. The lowest BCUT2D eigenvalue weighted by Crippen LogP contribution is -2.37. The van der Waals surface area contributed by atoms with Crippen molar-refractivity contribution in [1.82, 2.24) is 15.3 Å². The molecule has 1 atom stereocenters. The molecule has 1 saturated carbocycles. The summed E-state index contributed by atoms with van der Waals surface area (Å²) in [4.78, 5) is 7.34. The van der Waals surface area contributed by atoms with Crippen LogP contribution in [-0.4, -0.2) is 16.0 Å². The molecule has 2 rings (SSSR count). The molecular formula is C12H21N3. The molecule has 3 nitrogen and oxygen atoms in total. The van der Waals surface area contributed by atoms with Crippen molar-refractivity contribution in [1.29, 1.82) is 0 Å². The topological polar surface area (TPSA) is 40.7 Å². The molecule has 0 aliphatic heterocycles. The number of H-pyrrole nitrogens is 1. The van der Waals surface area contributed by atoms with Crippen LogP contribution in [-0.2, 0) is 6.54 Å². The molecule has 0 amide bonds. The van der Waals surface area contributed by atoms with Crippen molar-refractivity contribution in [3.8, 4) is 0 Å². The van der Waals surface area contributed by atoms with Gasteiger partial charge in [-0.15, -0.1) is 0 Å². The third kappa shape index (κ3) is 3.06. The first-order chi connectivity index (χ1) is 7.16. The molecule has 84 valence electrons. The van der Waals surface area contributed by atoms with Crippen LogP contribution in [0.25, 0.3) is 0 Å². The third-order valence-electron chi connectivity index (χ3n) is 3.32. The van der Waals surface area contributed by atoms with E-state index < -0.39 is 0 Å². The number of rotatable bonds is 3. The van der Waals surface area contributed by atoms with E-state index in [1.54, 1.807) is 0 Å². The maximum absolute atomic E-state index is 4.22. The molecule has 1 unspecified atom stereocenters. The van der Waals surface area contributed by atoms with Gasteiger partial charge in [-0.2, -0.15) is 0 Å². The quantitative estimate of drug-likeness (QED) is 0.799. The van der Waals surface area contributed by atoms with Crippen molar-refractivity contribution in [2.24, 2.45) is 5.41 Å². The first kappa shape index (κ1) is 10.7. The molecule has 0 saturated heterocycles.